The van der Waals surface area contributed by atoms with E-state index in [2.05, 4.69) is 15.0 Å². The molecule has 152 valence electrons. The van der Waals surface area contributed by atoms with Crippen LogP contribution in [0, 0.1) is 5.82 Å². The smallest absolute Gasteiger partial charge is 0.261 e. The first kappa shape index (κ1) is 20.2. The molecule has 0 bridgehead atoms. The molecule has 2 heterocycles. The molecule has 2 N–H and O–H groups in total. The number of nitrogens with one attached hydrogen (secondary N) is 2. The van der Waals surface area contributed by atoms with Gasteiger partial charge in [-0.1, -0.05) is 18.2 Å². The van der Waals surface area contributed by atoms with Gasteiger partial charge in [-0.05, 0) is 47.8 Å². The largest absolute Gasteiger partial charge is 0.298 e. The lowest BCUT2D eigenvalue weighted by atomic mass is 10.2. The van der Waals surface area contributed by atoms with Gasteiger partial charge in [0.1, 0.15) is 5.82 Å². The summed E-state index contributed by atoms with van der Waals surface area (Å²) in [5.74, 6) is -1.04. The molecule has 0 aliphatic heterocycles. The number of carbonyl (C=O) groups is 1. The molecule has 2 aromatic heterocycles. The molecule has 10 heteroatoms. The molecule has 4 rings (SSSR count). The molecule has 0 saturated carbocycles. The molecule has 2 aromatic carbocycles. The van der Waals surface area contributed by atoms with Gasteiger partial charge in [-0.25, -0.2) is 17.8 Å². The van der Waals surface area contributed by atoms with Crippen LogP contribution in [0.25, 0.3) is 10.6 Å². The second-order valence-electron chi connectivity index (χ2n) is 6.07. The van der Waals surface area contributed by atoms with E-state index in [1.165, 1.54) is 23.5 Å². The van der Waals surface area contributed by atoms with E-state index in [9.17, 15) is 17.6 Å². The van der Waals surface area contributed by atoms with Gasteiger partial charge in [-0.15, -0.1) is 22.7 Å². The predicted octanol–water partition coefficient (Wildman–Crippen LogP) is 5.06. The minimum absolute atomic E-state index is 0.106. The van der Waals surface area contributed by atoms with Crippen LogP contribution >= 0.6 is 22.7 Å². The number of benzene rings is 2. The van der Waals surface area contributed by atoms with Crippen molar-refractivity contribution in [3.63, 3.8) is 0 Å². The molecule has 0 saturated heterocycles. The van der Waals surface area contributed by atoms with E-state index in [0.717, 1.165) is 34.8 Å². The molecule has 1 amide bonds. The second kappa shape index (κ2) is 8.34. The fraction of sp³-hybridized carbons (Fsp3) is 0. The first-order valence-electron chi connectivity index (χ1n) is 8.60. The number of para-hydroxylation sites is 1. The summed E-state index contributed by atoms with van der Waals surface area (Å²) in [6, 6.07) is 14.5. The SMILES string of the molecule is O=C(Nc1nc(-c2cccs2)cs1)c1ccccc1NS(=O)(=O)c1ccc(F)cc1. The first-order valence-corrected chi connectivity index (χ1v) is 11.8. The van der Waals surface area contributed by atoms with Gasteiger partial charge < -0.3 is 0 Å². The molecule has 30 heavy (non-hydrogen) atoms. The fourth-order valence-corrected chi connectivity index (χ4v) is 5.17. The van der Waals surface area contributed by atoms with Crippen LogP contribution < -0.4 is 10.0 Å². The quantitative estimate of drug-likeness (QED) is 0.422. The Morgan fingerprint density at radius 3 is 2.47 bits per heavy atom. The Balaban J connectivity index is 1.55. The van der Waals surface area contributed by atoms with Crippen LogP contribution in [0.1, 0.15) is 10.4 Å². The number of thiazole rings is 1. The average molecular weight is 460 g/mol. The zero-order valence-electron chi connectivity index (χ0n) is 15.2. The monoisotopic (exact) mass is 459 g/mol. The zero-order chi connectivity index (χ0) is 21.1. The van der Waals surface area contributed by atoms with E-state index in [0.29, 0.717) is 5.13 Å². The molecule has 0 aliphatic carbocycles. The highest BCUT2D eigenvalue weighted by molar-refractivity contribution is 7.92. The van der Waals surface area contributed by atoms with Crippen LogP contribution in [0.5, 0.6) is 0 Å². The van der Waals surface area contributed by atoms with Crippen molar-refractivity contribution in [2.75, 3.05) is 10.0 Å². The molecule has 0 spiro atoms. The summed E-state index contributed by atoms with van der Waals surface area (Å²) in [4.78, 5) is 18.0. The molecule has 4 aromatic rings. The third-order valence-corrected chi connectivity index (χ3v) is 7.07. The highest BCUT2D eigenvalue weighted by atomic mass is 32.2. The fourth-order valence-electron chi connectivity index (χ4n) is 2.62. The molecular formula is C20H14FN3O3S3. The number of anilines is 2. The van der Waals surface area contributed by atoms with Gasteiger partial charge in [-0.3, -0.25) is 14.8 Å². The van der Waals surface area contributed by atoms with Crippen molar-refractivity contribution in [2.24, 2.45) is 0 Å². The lowest BCUT2D eigenvalue weighted by Crippen LogP contribution is -2.18. The summed E-state index contributed by atoms with van der Waals surface area (Å²) in [5, 5.41) is 6.88. The maximum Gasteiger partial charge on any atom is 0.261 e. The Morgan fingerprint density at radius 1 is 0.967 bits per heavy atom. The van der Waals surface area contributed by atoms with Crippen molar-refractivity contribution in [2.45, 2.75) is 4.90 Å². The summed E-state index contributed by atoms with van der Waals surface area (Å²) in [6.45, 7) is 0. The highest BCUT2D eigenvalue weighted by Gasteiger charge is 2.19. The lowest BCUT2D eigenvalue weighted by molar-refractivity contribution is 0.102. The maximum absolute atomic E-state index is 13.1. The Bertz CT molecular complexity index is 1280. The van der Waals surface area contributed by atoms with Crippen molar-refractivity contribution >= 4 is 49.4 Å². The molecule has 6 nitrogen and oxygen atoms in total. The van der Waals surface area contributed by atoms with Crippen molar-refractivity contribution < 1.29 is 17.6 Å². The number of rotatable bonds is 6. The summed E-state index contributed by atoms with van der Waals surface area (Å²) >= 11 is 2.82. The van der Waals surface area contributed by atoms with Gasteiger partial charge in [0.15, 0.2) is 5.13 Å². The Morgan fingerprint density at radius 2 is 1.73 bits per heavy atom. The Hall–Kier alpha value is -3.08. The number of nitrogens with zero attached hydrogens (tertiary/aromatic N) is 1. The molecule has 0 unspecified atom stereocenters. The average Bonchev–Trinajstić information content (AvgIpc) is 3.40. The molecule has 0 radical (unpaired) electrons. The molecule has 0 aliphatic rings. The minimum Gasteiger partial charge on any atom is -0.298 e. The van der Waals surface area contributed by atoms with Crippen molar-refractivity contribution in [3.05, 3.63) is 82.8 Å². The van der Waals surface area contributed by atoms with Crippen LogP contribution in [0.4, 0.5) is 15.2 Å². The number of sulfonamides is 1. The Labute approximate surface area is 180 Å². The van der Waals surface area contributed by atoms with Gasteiger partial charge in [0.2, 0.25) is 0 Å². The van der Waals surface area contributed by atoms with Crippen LogP contribution in [0.2, 0.25) is 0 Å². The summed E-state index contributed by atoms with van der Waals surface area (Å²) in [6.07, 6.45) is 0. The zero-order valence-corrected chi connectivity index (χ0v) is 17.7. The normalized spacial score (nSPS) is 11.2. The predicted molar refractivity (Wildman–Crippen MR) is 117 cm³/mol. The van der Waals surface area contributed by atoms with E-state index >= 15 is 0 Å². The summed E-state index contributed by atoms with van der Waals surface area (Å²) in [5.41, 5.74) is 1.00. The highest BCUT2D eigenvalue weighted by Crippen LogP contribution is 2.29. The topological polar surface area (TPSA) is 88.2 Å². The molecule has 0 fully saturated rings. The van der Waals surface area contributed by atoms with Gasteiger partial charge >= 0.3 is 0 Å². The number of hydrogen-bond acceptors (Lipinski definition) is 6. The number of amides is 1. The first-order chi connectivity index (χ1) is 14.4. The summed E-state index contributed by atoms with van der Waals surface area (Å²) in [7, 11) is -3.99. The third kappa shape index (κ3) is 4.40. The number of thiophene rings is 1. The number of carbonyl (C=O) groups excluding carboxylic acids is 1. The lowest BCUT2D eigenvalue weighted by Gasteiger charge is -2.12. The number of halogens is 1. The minimum atomic E-state index is -3.99. The molecular weight excluding hydrogens is 445 g/mol. The Kier molecular flexibility index (Phi) is 5.62. The molecule has 0 atom stereocenters. The van der Waals surface area contributed by atoms with Crippen molar-refractivity contribution in [1.82, 2.24) is 4.98 Å². The van der Waals surface area contributed by atoms with E-state index in [1.807, 2.05) is 22.9 Å². The van der Waals surface area contributed by atoms with E-state index in [1.54, 1.807) is 23.5 Å². The van der Waals surface area contributed by atoms with Gasteiger partial charge in [0.25, 0.3) is 15.9 Å². The van der Waals surface area contributed by atoms with E-state index < -0.39 is 21.7 Å². The van der Waals surface area contributed by atoms with Crippen LogP contribution in [-0.4, -0.2) is 19.3 Å². The van der Waals surface area contributed by atoms with Gasteiger partial charge in [0.05, 0.1) is 26.7 Å². The van der Waals surface area contributed by atoms with E-state index in [-0.39, 0.29) is 16.1 Å². The second-order valence-corrected chi connectivity index (χ2v) is 9.56. The van der Waals surface area contributed by atoms with Crippen LogP contribution in [0.15, 0.2) is 76.3 Å². The van der Waals surface area contributed by atoms with Gasteiger partial charge in [-0.2, -0.15) is 0 Å². The standard InChI is InChI=1S/C20H14FN3O3S3/c21-13-7-9-14(10-8-13)30(26,27)24-16-5-2-1-4-15(16)19(25)23-20-22-17(12-29-20)18-6-3-11-28-18/h1-12,24H,(H,22,23,25). The number of hydrogen-bond donors (Lipinski definition) is 2. The van der Waals surface area contributed by atoms with Crippen molar-refractivity contribution in [3.8, 4) is 10.6 Å². The van der Waals surface area contributed by atoms with Crippen LogP contribution in [-0.2, 0) is 10.0 Å². The summed E-state index contributed by atoms with van der Waals surface area (Å²) < 4.78 is 40.7. The van der Waals surface area contributed by atoms with Crippen molar-refractivity contribution in [1.29, 1.82) is 0 Å². The maximum atomic E-state index is 13.1. The number of aromatic nitrogens is 1. The van der Waals surface area contributed by atoms with Gasteiger partial charge in [0, 0.05) is 5.38 Å². The van der Waals surface area contributed by atoms with E-state index in [4.69, 9.17) is 0 Å². The van der Waals surface area contributed by atoms with Crippen LogP contribution in [0.3, 0.4) is 0 Å². The third-order valence-electron chi connectivity index (χ3n) is 4.04.